The number of nitrogens with two attached hydrogens (primary N) is 1. The predicted molar refractivity (Wildman–Crippen MR) is 73.9 cm³/mol. The van der Waals surface area contributed by atoms with Crippen LogP contribution in [-0.4, -0.2) is 59.7 Å². The van der Waals surface area contributed by atoms with Crippen molar-refractivity contribution in [3.05, 3.63) is 30.3 Å². The van der Waals surface area contributed by atoms with E-state index in [1.165, 1.54) is 0 Å². The van der Waals surface area contributed by atoms with Crippen molar-refractivity contribution in [2.45, 2.75) is 0 Å². The van der Waals surface area contributed by atoms with Crippen LogP contribution in [0.1, 0.15) is 0 Å². The molecule has 0 spiro atoms. The van der Waals surface area contributed by atoms with E-state index in [0.29, 0.717) is 38.5 Å². The van der Waals surface area contributed by atoms with Crippen LogP contribution in [0.2, 0.25) is 0 Å². The van der Waals surface area contributed by atoms with Gasteiger partial charge in [0.15, 0.2) is 5.84 Å². The summed E-state index contributed by atoms with van der Waals surface area (Å²) in [7, 11) is 0. The lowest BCUT2D eigenvalue weighted by Crippen LogP contribution is -2.51. The first-order valence-corrected chi connectivity index (χ1v) is 6.39. The number of carbonyl (C=O) groups is 1. The van der Waals surface area contributed by atoms with Gasteiger partial charge in [0.2, 0.25) is 0 Å². The molecule has 0 aliphatic carbocycles. The van der Waals surface area contributed by atoms with E-state index < -0.39 is 0 Å². The SMILES string of the molecule is NC(CN1CCN(C(=O)Oc2ccccc2)CC1)=NO. The molecule has 7 heteroatoms. The molecule has 0 bridgehead atoms. The van der Waals surface area contributed by atoms with Crippen molar-refractivity contribution in [2.24, 2.45) is 10.9 Å². The summed E-state index contributed by atoms with van der Waals surface area (Å²) in [6.07, 6.45) is -0.348. The molecular formula is C13H18N4O3. The highest BCUT2D eigenvalue weighted by Gasteiger charge is 2.22. The minimum Gasteiger partial charge on any atom is -0.410 e. The number of amidine groups is 1. The Kier molecular flexibility index (Phi) is 4.78. The van der Waals surface area contributed by atoms with Crippen molar-refractivity contribution < 1.29 is 14.7 Å². The van der Waals surface area contributed by atoms with Crippen LogP contribution in [0.5, 0.6) is 5.75 Å². The second-order valence-corrected chi connectivity index (χ2v) is 4.54. The third-order valence-electron chi connectivity index (χ3n) is 3.09. The van der Waals surface area contributed by atoms with Gasteiger partial charge in [-0.05, 0) is 12.1 Å². The number of para-hydroxylation sites is 1. The number of oxime groups is 1. The number of carbonyl (C=O) groups excluding carboxylic acids is 1. The maximum atomic E-state index is 11.9. The maximum Gasteiger partial charge on any atom is 0.415 e. The van der Waals surface area contributed by atoms with Gasteiger partial charge in [-0.2, -0.15) is 0 Å². The minimum absolute atomic E-state index is 0.172. The highest BCUT2D eigenvalue weighted by atomic mass is 16.6. The van der Waals surface area contributed by atoms with Crippen molar-refractivity contribution in [1.82, 2.24) is 9.80 Å². The molecule has 1 fully saturated rings. The van der Waals surface area contributed by atoms with Gasteiger partial charge in [-0.1, -0.05) is 23.4 Å². The number of nitrogens with zero attached hydrogens (tertiary/aromatic N) is 3. The summed E-state index contributed by atoms with van der Waals surface area (Å²) >= 11 is 0. The van der Waals surface area contributed by atoms with Crippen LogP contribution in [0.3, 0.4) is 0 Å². The van der Waals surface area contributed by atoms with Crippen molar-refractivity contribution >= 4 is 11.9 Å². The first-order valence-electron chi connectivity index (χ1n) is 6.39. The zero-order chi connectivity index (χ0) is 14.4. The molecule has 0 unspecified atom stereocenters. The summed E-state index contributed by atoms with van der Waals surface area (Å²) in [4.78, 5) is 15.6. The molecule has 0 radical (unpaired) electrons. The molecule has 0 atom stereocenters. The summed E-state index contributed by atoms with van der Waals surface area (Å²) in [6.45, 7) is 2.85. The van der Waals surface area contributed by atoms with Gasteiger partial charge in [-0.25, -0.2) is 4.79 Å². The minimum atomic E-state index is -0.348. The highest BCUT2D eigenvalue weighted by molar-refractivity contribution is 5.81. The van der Waals surface area contributed by atoms with E-state index in [4.69, 9.17) is 15.7 Å². The van der Waals surface area contributed by atoms with Gasteiger partial charge < -0.3 is 20.6 Å². The molecule has 7 nitrogen and oxygen atoms in total. The van der Waals surface area contributed by atoms with Gasteiger partial charge >= 0.3 is 6.09 Å². The number of ether oxygens (including phenoxy) is 1. The Morgan fingerprint density at radius 1 is 1.25 bits per heavy atom. The van der Waals surface area contributed by atoms with Crippen LogP contribution in [0.25, 0.3) is 0 Å². The Bertz CT molecular complexity index is 470. The Balaban J connectivity index is 1.80. The molecule has 0 saturated carbocycles. The summed E-state index contributed by atoms with van der Waals surface area (Å²) < 4.78 is 5.27. The molecule has 0 aromatic heterocycles. The van der Waals surface area contributed by atoms with Crippen molar-refractivity contribution in [2.75, 3.05) is 32.7 Å². The molecular weight excluding hydrogens is 260 g/mol. The van der Waals surface area contributed by atoms with E-state index in [1.807, 2.05) is 23.1 Å². The lowest BCUT2D eigenvalue weighted by molar-refractivity contribution is 0.116. The fourth-order valence-corrected chi connectivity index (χ4v) is 2.00. The fraction of sp³-hybridized carbons (Fsp3) is 0.385. The number of hydrogen-bond acceptors (Lipinski definition) is 5. The predicted octanol–water partition coefficient (Wildman–Crippen LogP) is 0.549. The maximum absolute atomic E-state index is 11.9. The second kappa shape index (κ2) is 6.76. The van der Waals surface area contributed by atoms with E-state index >= 15 is 0 Å². The molecule has 2 rings (SSSR count). The number of amides is 1. The fourth-order valence-electron chi connectivity index (χ4n) is 2.00. The Morgan fingerprint density at radius 2 is 1.90 bits per heavy atom. The highest BCUT2D eigenvalue weighted by Crippen LogP contribution is 2.11. The topological polar surface area (TPSA) is 91.4 Å². The van der Waals surface area contributed by atoms with E-state index in [2.05, 4.69) is 5.16 Å². The Labute approximate surface area is 117 Å². The van der Waals surface area contributed by atoms with Gasteiger partial charge in [0.25, 0.3) is 0 Å². The van der Waals surface area contributed by atoms with Gasteiger partial charge in [0, 0.05) is 26.2 Å². The van der Waals surface area contributed by atoms with Crippen LogP contribution in [0, 0.1) is 0 Å². The number of hydrogen-bond donors (Lipinski definition) is 2. The zero-order valence-corrected chi connectivity index (χ0v) is 11.1. The molecule has 1 saturated heterocycles. The van der Waals surface area contributed by atoms with Gasteiger partial charge in [0.05, 0.1) is 6.54 Å². The van der Waals surface area contributed by atoms with Crippen LogP contribution in [0.4, 0.5) is 4.79 Å². The smallest absolute Gasteiger partial charge is 0.410 e. The van der Waals surface area contributed by atoms with Gasteiger partial charge in [-0.15, -0.1) is 0 Å². The van der Waals surface area contributed by atoms with Crippen LogP contribution < -0.4 is 10.5 Å². The van der Waals surface area contributed by atoms with E-state index in [-0.39, 0.29) is 11.9 Å². The van der Waals surface area contributed by atoms with Gasteiger partial charge in [0.1, 0.15) is 5.75 Å². The lowest BCUT2D eigenvalue weighted by atomic mass is 10.3. The normalized spacial score (nSPS) is 17.0. The second-order valence-electron chi connectivity index (χ2n) is 4.54. The van der Waals surface area contributed by atoms with E-state index in [0.717, 1.165) is 0 Å². The average molecular weight is 278 g/mol. The molecule has 3 N–H and O–H groups in total. The standard InChI is InChI=1S/C13H18N4O3/c14-12(15-19)10-16-6-8-17(9-7-16)13(18)20-11-4-2-1-3-5-11/h1-5,19H,6-10H2,(H2,14,15). The Hall–Kier alpha value is -2.28. The molecule has 20 heavy (non-hydrogen) atoms. The number of benzene rings is 1. The largest absolute Gasteiger partial charge is 0.415 e. The zero-order valence-electron chi connectivity index (χ0n) is 11.1. The molecule has 1 amide bonds. The van der Waals surface area contributed by atoms with E-state index in [1.54, 1.807) is 17.0 Å². The van der Waals surface area contributed by atoms with Crippen molar-refractivity contribution in [3.63, 3.8) is 0 Å². The molecule has 1 heterocycles. The molecule has 1 aliphatic rings. The average Bonchev–Trinajstić information content (AvgIpc) is 2.49. The first kappa shape index (κ1) is 14.1. The molecule has 1 aliphatic heterocycles. The van der Waals surface area contributed by atoms with Crippen molar-refractivity contribution in [3.8, 4) is 5.75 Å². The third kappa shape index (κ3) is 3.86. The summed E-state index contributed by atoms with van der Waals surface area (Å²) in [5.41, 5.74) is 5.45. The van der Waals surface area contributed by atoms with Crippen LogP contribution in [-0.2, 0) is 0 Å². The molecule has 1 aromatic carbocycles. The number of rotatable bonds is 3. The molecule has 108 valence electrons. The van der Waals surface area contributed by atoms with E-state index in [9.17, 15) is 4.79 Å². The Morgan fingerprint density at radius 3 is 2.50 bits per heavy atom. The third-order valence-corrected chi connectivity index (χ3v) is 3.09. The summed E-state index contributed by atoms with van der Waals surface area (Å²) in [5.74, 6) is 0.710. The van der Waals surface area contributed by atoms with Crippen molar-refractivity contribution in [1.29, 1.82) is 0 Å². The van der Waals surface area contributed by atoms with Crippen LogP contribution >= 0.6 is 0 Å². The summed E-state index contributed by atoms with van der Waals surface area (Å²) in [5, 5.41) is 11.5. The quantitative estimate of drug-likeness (QED) is 0.364. The monoisotopic (exact) mass is 278 g/mol. The lowest BCUT2D eigenvalue weighted by Gasteiger charge is -2.33. The molecule has 1 aromatic rings. The number of piperazine rings is 1. The summed E-state index contributed by atoms with van der Waals surface area (Å²) in [6, 6.07) is 8.98. The van der Waals surface area contributed by atoms with Gasteiger partial charge in [-0.3, -0.25) is 4.90 Å². The first-order chi connectivity index (χ1) is 9.69. The van der Waals surface area contributed by atoms with Crippen LogP contribution in [0.15, 0.2) is 35.5 Å².